The molecule has 1 N–H and O–H groups in total. The Labute approximate surface area is 98.3 Å². The molecule has 0 spiro atoms. The SMILES string of the molecule is CO[C@H](C(=O)N(C)CC1CCNC1)C(C)C. The van der Waals surface area contributed by atoms with Crippen molar-refractivity contribution in [2.45, 2.75) is 26.4 Å². The highest BCUT2D eigenvalue weighted by atomic mass is 16.5. The first kappa shape index (κ1) is 13.5. The van der Waals surface area contributed by atoms with Crippen LogP contribution in [0.15, 0.2) is 0 Å². The Kier molecular flexibility index (Phi) is 5.22. The molecule has 94 valence electrons. The number of carbonyl (C=O) groups excluding carboxylic acids is 1. The summed E-state index contributed by atoms with van der Waals surface area (Å²) >= 11 is 0. The van der Waals surface area contributed by atoms with Crippen LogP contribution in [0.1, 0.15) is 20.3 Å². The molecule has 4 heteroatoms. The fourth-order valence-corrected chi connectivity index (χ4v) is 2.22. The maximum absolute atomic E-state index is 12.1. The van der Waals surface area contributed by atoms with Crippen molar-refractivity contribution in [3.05, 3.63) is 0 Å². The Bertz CT molecular complexity index is 225. The van der Waals surface area contributed by atoms with Crippen LogP contribution in [0.4, 0.5) is 0 Å². The van der Waals surface area contributed by atoms with Gasteiger partial charge in [0, 0.05) is 20.7 Å². The third-order valence-corrected chi connectivity index (χ3v) is 3.17. The molecule has 1 rings (SSSR count). The molecule has 1 fully saturated rings. The van der Waals surface area contributed by atoms with E-state index in [1.807, 2.05) is 25.8 Å². The highest BCUT2D eigenvalue weighted by Gasteiger charge is 2.27. The molecule has 1 aliphatic rings. The lowest BCUT2D eigenvalue weighted by Gasteiger charge is -2.27. The van der Waals surface area contributed by atoms with Gasteiger partial charge in [0.25, 0.3) is 5.91 Å². The molecule has 16 heavy (non-hydrogen) atoms. The minimum Gasteiger partial charge on any atom is -0.371 e. The fourth-order valence-electron chi connectivity index (χ4n) is 2.22. The molecular formula is C12H24N2O2. The molecule has 1 unspecified atom stereocenters. The normalized spacial score (nSPS) is 22.4. The summed E-state index contributed by atoms with van der Waals surface area (Å²) in [7, 11) is 3.47. The summed E-state index contributed by atoms with van der Waals surface area (Å²) in [5.41, 5.74) is 0. The maximum Gasteiger partial charge on any atom is 0.251 e. The average molecular weight is 228 g/mol. The van der Waals surface area contributed by atoms with Gasteiger partial charge < -0.3 is 15.0 Å². The van der Waals surface area contributed by atoms with Gasteiger partial charge in [0.1, 0.15) is 6.10 Å². The minimum absolute atomic E-state index is 0.101. The van der Waals surface area contributed by atoms with E-state index >= 15 is 0 Å². The molecule has 2 atom stereocenters. The van der Waals surface area contributed by atoms with Crippen molar-refractivity contribution in [1.82, 2.24) is 10.2 Å². The molecule has 0 aliphatic carbocycles. The zero-order valence-corrected chi connectivity index (χ0v) is 10.8. The van der Waals surface area contributed by atoms with Crippen molar-refractivity contribution in [2.24, 2.45) is 11.8 Å². The molecular weight excluding hydrogens is 204 g/mol. The minimum atomic E-state index is -0.306. The van der Waals surface area contributed by atoms with Gasteiger partial charge in [0.2, 0.25) is 0 Å². The van der Waals surface area contributed by atoms with Crippen LogP contribution in [0, 0.1) is 11.8 Å². The van der Waals surface area contributed by atoms with E-state index in [1.165, 1.54) is 0 Å². The van der Waals surface area contributed by atoms with Gasteiger partial charge in [0.05, 0.1) is 0 Å². The quantitative estimate of drug-likeness (QED) is 0.754. The Morgan fingerprint density at radius 2 is 2.25 bits per heavy atom. The van der Waals surface area contributed by atoms with Crippen LogP contribution >= 0.6 is 0 Å². The van der Waals surface area contributed by atoms with Crippen LogP contribution < -0.4 is 5.32 Å². The van der Waals surface area contributed by atoms with E-state index in [0.717, 1.165) is 26.1 Å². The molecule has 0 saturated carbocycles. The molecule has 1 saturated heterocycles. The number of rotatable bonds is 5. The molecule has 1 amide bonds. The van der Waals surface area contributed by atoms with Crippen molar-refractivity contribution in [3.8, 4) is 0 Å². The number of nitrogens with one attached hydrogen (secondary N) is 1. The molecule has 4 nitrogen and oxygen atoms in total. The van der Waals surface area contributed by atoms with Crippen LogP contribution in [0.2, 0.25) is 0 Å². The van der Waals surface area contributed by atoms with E-state index in [-0.39, 0.29) is 17.9 Å². The van der Waals surface area contributed by atoms with E-state index in [2.05, 4.69) is 5.32 Å². The number of methoxy groups -OCH3 is 1. The lowest BCUT2D eigenvalue weighted by Crippen LogP contribution is -2.42. The van der Waals surface area contributed by atoms with Gasteiger partial charge in [0.15, 0.2) is 0 Å². The Balaban J connectivity index is 2.44. The lowest BCUT2D eigenvalue weighted by atomic mass is 10.0. The largest absolute Gasteiger partial charge is 0.371 e. The molecule has 0 aromatic rings. The van der Waals surface area contributed by atoms with E-state index in [1.54, 1.807) is 7.11 Å². The van der Waals surface area contributed by atoms with Crippen molar-refractivity contribution >= 4 is 5.91 Å². The topological polar surface area (TPSA) is 41.6 Å². The van der Waals surface area contributed by atoms with Crippen LogP contribution in [-0.2, 0) is 9.53 Å². The van der Waals surface area contributed by atoms with Crippen molar-refractivity contribution < 1.29 is 9.53 Å². The first-order valence-electron chi connectivity index (χ1n) is 6.04. The number of hydrogen-bond donors (Lipinski definition) is 1. The Hall–Kier alpha value is -0.610. The van der Waals surface area contributed by atoms with Gasteiger partial charge in [-0.2, -0.15) is 0 Å². The summed E-state index contributed by atoms with van der Waals surface area (Å²) < 4.78 is 5.25. The van der Waals surface area contributed by atoms with Crippen LogP contribution in [0.5, 0.6) is 0 Å². The number of ether oxygens (including phenoxy) is 1. The Morgan fingerprint density at radius 3 is 2.69 bits per heavy atom. The van der Waals surface area contributed by atoms with Gasteiger partial charge in [-0.15, -0.1) is 0 Å². The molecule has 1 heterocycles. The predicted molar refractivity (Wildman–Crippen MR) is 64.2 cm³/mol. The van der Waals surface area contributed by atoms with Gasteiger partial charge in [-0.3, -0.25) is 4.79 Å². The monoisotopic (exact) mass is 228 g/mol. The van der Waals surface area contributed by atoms with Gasteiger partial charge in [-0.25, -0.2) is 0 Å². The van der Waals surface area contributed by atoms with Crippen molar-refractivity contribution in [3.63, 3.8) is 0 Å². The highest BCUT2D eigenvalue weighted by molar-refractivity contribution is 5.80. The predicted octanol–water partition coefficient (Wildman–Crippen LogP) is 0.725. The third kappa shape index (κ3) is 3.46. The molecule has 0 radical (unpaired) electrons. The van der Waals surface area contributed by atoms with E-state index in [0.29, 0.717) is 5.92 Å². The van der Waals surface area contributed by atoms with E-state index < -0.39 is 0 Å². The van der Waals surface area contributed by atoms with Gasteiger partial charge >= 0.3 is 0 Å². The fraction of sp³-hybridized carbons (Fsp3) is 0.917. The van der Waals surface area contributed by atoms with E-state index in [4.69, 9.17) is 4.74 Å². The average Bonchev–Trinajstić information content (AvgIpc) is 2.70. The highest BCUT2D eigenvalue weighted by Crippen LogP contribution is 2.13. The second-order valence-electron chi connectivity index (χ2n) is 4.98. The summed E-state index contributed by atoms with van der Waals surface area (Å²) in [6.07, 6.45) is 0.857. The second kappa shape index (κ2) is 6.21. The summed E-state index contributed by atoms with van der Waals surface area (Å²) in [4.78, 5) is 13.9. The van der Waals surface area contributed by atoms with Crippen LogP contribution in [-0.4, -0.2) is 50.7 Å². The number of amides is 1. The lowest BCUT2D eigenvalue weighted by molar-refractivity contribution is -0.143. The zero-order valence-electron chi connectivity index (χ0n) is 10.8. The van der Waals surface area contributed by atoms with Crippen molar-refractivity contribution in [2.75, 3.05) is 33.8 Å². The maximum atomic E-state index is 12.1. The van der Waals surface area contributed by atoms with Gasteiger partial charge in [-0.1, -0.05) is 13.8 Å². The molecule has 0 aromatic heterocycles. The molecule has 0 bridgehead atoms. The summed E-state index contributed by atoms with van der Waals surface area (Å²) in [6, 6.07) is 0. The summed E-state index contributed by atoms with van der Waals surface area (Å²) in [5.74, 6) is 0.921. The van der Waals surface area contributed by atoms with E-state index in [9.17, 15) is 4.79 Å². The number of likely N-dealkylation sites (N-methyl/N-ethyl adjacent to an activating group) is 1. The first-order chi connectivity index (χ1) is 7.56. The number of nitrogens with zero attached hydrogens (tertiary/aromatic N) is 1. The van der Waals surface area contributed by atoms with Crippen LogP contribution in [0.3, 0.4) is 0 Å². The zero-order chi connectivity index (χ0) is 12.1. The van der Waals surface area contributed by atoms with Crippen molar-refractivity contribution in [1.29, 1.82) is 0 Å². The van der Waals surface area contributed by atoms with Crippen LogP contribution in [0.25, 0.3) is 0 Å². The summed E-state index contributed by atoms with van der Waals surface area (Å²) in [5, 5.41) is 3.31. The number of hydrogen-bond acceptors (Lipinski definition) is 3. The smallest absolute Gasteiger partial charge is 0.251 e. The third-order valence-electron chi connectivity index (χ3n) is 3.17. The molecule has 0 aromatic carbocycles. The standard InChI is InChI=1S/C12H24N2O2/c1-9(2)11(16-4)12(15)14(3)8-10-5-6-13-7-10/h9-11,13H,5-8H2,1-4H3/t10?,11-/m0/s1. The molecule has 1 aliphatic heterocycles. The Morgan fingerprint density at radius 1 is 1.56 bits per heavy atom. The first-order valence-corrected chi connectivity index (χ1v) is 6.04. The second-order valence-corrected chi connectivity index (χ2v) is 4.98. The summed E-state index contributed by atoms with van der Waals surface area (Å²) in [6.45, 7) is 6.95. The number of carbonyl (C=O) groups is 1. The van der Waals surface area contributed by atoms with Gasteiger partial charge in [-0.05, 0) is 31.3 Å².